The second-order valence-electron chi connectivity index (χ2n) is 23.4. The Bertz CT molecular complexity index is 1550. The second-order valence-corrected chi connectivity index (χ2v) is 24.8. The fraction of sp³-hybridized carbons (Fsp3) is 0.783. The molecule has 0 spiro atoms. The van der Waals surface area contributed by atoms with Gasteiger partial charge in [-0.25, -0.2) is 0 Å². The highest BCUT2D eigenvalue weighted by Gasteiger charge is 2.23. The summed E-state index contributed by atoms with van der Waals surface area (Å²) in [5.41, 5.74) is 0. The molecule has 0 aliphatic carbocycles. The first-order chi connectivity index (χ1) is 38.0. The van der Waals surface area contributed by atoms with Crippen LogP contribution in [0.4, 0.5) is 0 Å². The van der Waals surface area contributed by atoms with Gasteiger partial charge in [-0.05, 0) is 77.0 Å². The number of nitrogens with one attached hydrogen (secondary N) is 1. The lowest BCUT2D eigenvalue weighted by atomic mass is 10.0. The van der Waals surface area contributed by atoms with E-state index in [0.29, 0.717) is 17.4 Å². The number of nitrogens with zero attached hydrogens (tertiary/aromatic N) is 1. The summed E-state index contributed by atoms with van der Waals surface area (Å²) in [4.78, 5) is 25.6. The molecule has 0 rings (SSSR count). The van der Waals surface area contributed by atoms with Crippen LogP contribution in [0.5, 0.6) is 0 Å². The van der Waals surface area contributed by atoms with Gasteiger partial charge in [0.1, 0.15) is 13.2 Å². The van der Waals surface area contributed by atoms with Crippen molar-refractivity contribution in [3.8, 4) is 0 Å². The molecule has 0 saturated heterocycles. The lowest BCUT2D eigenvalue weighted by molar-refractivity contribution is -0.870. The number of amides is 1. The Hall–Kier alpha value is -2.32. The van der Waals surface area contributed by atoms with Crippen molar-refractivity contribution in [3.63, 3.8) is 0 Å². The van der Waals surface area contributed by atoms with E-state index in [9.17, 15) is 19.4 Å². The Kier molecular flexibility index (Phi) is 57.5. The van der Waals surface area contributed by atoms with Crippen LogP contribution in [0.1, 0.15) is 296 Å². The molecule has 454 valence electrons. The van der Waals surface area contributed by atoms with E-state index in [-0.39, 0.29) is 12.5 Å². The van der Waals surface area contributed by atoms with Crippen molar-refractivity contribution in [1.29, 1.82) is 0 Å². The third-order valence-corrected chi connectivity index (χ3v) is 15.6. The highest BCUT2D eigenvalue weighted by atomic mass is 31.2. The first-order valence-corrected chi connectivity index (χ1v) is 34.4. The van der Waals surface area contributed by atoms with Gasteiger partial charge >= 0.3 is 0 Å². The molecule has 0 aliphatic rings. The molecule has 0 radical (unpaired) electrons. The van der Waals surface area contributed by atoms with Crippen LogP contribution in [0.15, 0.2) is 85.1 Å². The van der Waals surface area contributed by atoms with Crippen LogP contribution in [0.3, 0.4) is 0 Å². The summed E-state index contributed by atoms with van der Waals surface area (Å²) in [6.45, 7) is 4.54. The van der Waals surface area contributed by atoms with Crippen LogP contribution in [-0.2, 0) is 18.4 Å². The maximum atomic E-state index is 13.0. The number of carbonyl (C=O) groups excluding carboxylic acids is 1. The molecule has 0 aliphatic heterocycles. The van der Waals surface area contributed by atoms with Crippen LogP contribution in [0, 0.1) is 0 Å². The van der Waals surface area contributed by atoms with Gasteiger partial charge in [0.25, 0.3) is 7.82 Å². The van der Waals surface area contributed by atoms with E-state index in [0.717, 1.165) is 70.6 Å². The van der Waals surface area contributed by atoms with Gasteiger partial charge in [-0.3, -0.25) is 9.36 Å². The fourth-order valence-electron chi connectivity index (χ4n) is 9.49. The highest BCUT2D eigenvalue weighted by molar-refractivity contribution is 7.45. The third-order valence-electron chi connectivity index (χ3n) is 14.6. The zero-order valence-corrected chi connectivity index (χ0v) is 52.7. The number of aliphatic hydroxyl groups is 1. The number of rotatable bonds is 60. The Morgan fingerprint density at radius 2 is 0.795 bits per heavy atom. The van der Waals surface area contributed by atoms with Gasteiger partial charge in [0.2, 0.25) is 5.91 Å². The minimum Gasteiger partial charge on any atom is -0.756 e. The molecule has 8 nitrogen and oxygen atoms in total. The molecule has 1 amide bonds. The predicted octanol–water partition coefficient (Wildman–Crippen LogP) is 20.1. The monoisotopic (exact) mass is 1110 g/mol. The van der Waals surface area contributed by atoms with Crippen LogP contribution in [0.25, 0.3) is 0 Å². The molecule has 9 heteroatoms. The normalized spacial score (nSPS) is 14.3. The van der Waals surface area contributed by atoms with Crippen molar-refractivity contribution in [2.24, 2.45) is 0 Å². The average Bonchev–Trinajstić information content (AvgIpc) is 3.41. The molecule has 0 aromatic rings. The van der Waals surface area contributed by atoms with Gasteiger partial charge in [0.15, 0.2) is 0 Å². The summed E-state index contributed by atoms with van der Waals surface area (Å²) in [6.07, 6.45) is 84.1. The van der Waals surface area contributed by atoms with Crippen molar-refractivity contribution in [3.05, 3.63) is 85.1 Å². The number of allylic oxidation sites excluding steroid dienone is 13. The van der Waals surface area contributed by atoms with Crippen molar-refractivity contribution < 1.29 is 32.9 Å². The van der Waals surface area contributed by atoms with Crippen molar-refractivity contribution in [2.45, 2.75) is 309 Å². The Labute approximate surface area is 484 Å². The molecule has 0 saturated carbocycles. The zero-order valence-electron chi connectivity index (χ0n) is 51.9. The number of likely N-dealkylation sites (N-methyl/N-ethyl adjacent to an activating group) is 1. The minimum absolute atomic E-state index is 0.00742. The number of hydrogen-bond acceptors (Lipinski definition) is 6. The molecule has 0 aromatic heterocycles. The largest absolute Gasteiger partial charge is 0.756 e. The first-order valence-electron chi connectivity index (χ1n) is 32.9. The summed E-state index contributed by atoms with van der Waals surface area (Å²) < 4.78 is 23.4. The SMILES string of the molecule is CC/C=C\C/C=C\C/C=C\C/C=C\C/C=C\CCCCCCCCCCCCCCCCCCCCCC(=O)NC(COP(=O)([O-])OCC[N+](C)(C)C)C(O)/C=C/CC/C=C/CCCCCCCCCCCCCCCCC. The van der Waals surface area contributed by atoms with E-state index >= 15 is 0 Å². The minimum atomic E-state index is -4.61. The Balaban J connectivity index is 4.08. The highest BCUT2D eigenvalue weighted by Crippen LogP contribution is 2.38. The molecular formula is C69H127N2O6P. The molecule has 0 fully saturated rings. The lowest BCUT2D eigenvalue weighted by Crippen LogP contribution is -2.45. The molecule has 0 bridgehead atoms. The van der Waals surface area contributed by atoms with Gasteiger partial charge in [0, 0.05) is 6.42 Å². The Morgan fingerprint density at radius 1 is 0.462 bits per heavy atom. The maximum absolute atomic E-state index is 13.0. The summed E-state index contributed by atoms with van der Waals surface area (Å²) in [5.74, 6) is -0.205. The van der Waals surface area contributed by atoms with Crippen LogP contribution in [0.2, 0.25) is 0 Å². The number of phosphoric ester groups is 1. The predicted molar refractivity (Wildman–Crippen MR) is 339 cm³/mol. The second kappa shape index (κ2) is 59.3. The van der Waals surface area contributed by atoms with Gasteiger partial charge in [-0.2, -0.15) is 0 Å². The quantitative estimate of drug-likeness (QED) is 0.0272. The zero-order chi connectivity index (χ0) is 57.0. The van der Waals surface area contributed by atoms with Gasteiger partial charge < -0.3 is 28.8 Å². The van der Waals surface area contributed by atoms with Gasteiger partial charge in [0.05, 0.1) is 39.9 Å². The molecular weight excluding hydrogens is 984 g/mol. The summed E-state index contributed by atoms with van der Waals surface area (Å²) in [6, 6.07) is -0.907. The van der Waals surface area contributed by atoms with Crippen molar-refractivity contribution >= 4 is 13.7 Å². The van der Waals surface area contributed by atoms with Crippen LogP contribution >= 0.6 is 7.82 Å². The van der Waals surface area contributed by atoms with Gasteiger partial charge in [-0.15, -0.1) is 0 Å². The van der Waals surface area contributed by atoms with E-state index in [1.807, 2.05) is 27.2 Å². The van der Waals surface area contributed by atoms with E-state index < -0.39 is 26.6 Å². The van der Waals surface area contributed by atoms with E-state index in [1.165, 1.54) is 205 Å². The van der Waals surface area contributed by atoms with E-state index in [4.69, 9.17) is 9.05 Å². The summed E-state index contributed by atoms with van der Waals surface area (Å²) >= 11 is 0. The summed E-state index contributed by atoms with van der Waals surface area (Å²) in [7, 11) is 1.25. The topological polar surface area (TPSA) is 108 Å². The number of aliphatic hydroxyl groups excluding tert-OH is 1. The molecule has 3 unspecified atom stereocenters. The molecule has 78 heavy (non-hydrogen) atoms. The number of phosphoric acid groups is 1. The standard InChI is InChI=1S/C69H127N2O6P/c1-6-8-10-12-14-16-18-20-22-24-26-28-29-30-31-32-33-34-35-36-37-38-39-40-41-43-45-47-49-51-53-55-57-59-61-63-69(73)70-67(66-77-78(74,75)76-65-64-71(3,4)5)68(72)62-60-58-56-54-52-50-48-46-44-42-27-25-23-21-19-17-15-13-11-9-7-2/h8,10,14,16,20,22,26,28,30-31,52,54,60,62,67-68,72H,6-7,9,11-13,15,17-19,21,23-25,27,29,32-51,53,55-59,61,63-66H2,1-5H3,(H-,70,73,74,75)/b10-8-,16-14-,22-20-,28-26-,31-30-,54-52+,62-60+. The van der Waals surface area contributed by atoms with Crippen LogP contribution < -0.4 is 10.2 Å². The van der Waals surface area contributed by atoms with Crippen molar-refractivity contribution in [1.82, 2.24) is 5.32 Å². The lowest BCUT2D eigenvalue weighted by Gasteiger charge is -2.29. The third kappa shape index (κ3) is 61.3. The fourth-order valence-corrected chi connectivity index (χ4v) is 10.2. The average molecular weight is 1110 g/mol. The smallest absolute Gasteiger partial charge is 0.268 e. The molecule has 2 N–H and O–H groups in total. The van der Waals surface area contributed by atoms with Crippen molar-refractivity contribution in [2.75, 3.05) is 40.9 Å². The van der Waals surface area contributed by atoms with E-state index in [1.54, 1.807) is 6.08 Å². The number of quaternary nitrogens is 1. The number of hydrogen-bond donors (Lipinski definition) is 2. The molecule has 0 aromatic carbocycles. The molecule has 0 heterocycles. The van der Waals surface area contributed by atoms with E-state index in [2.05, 4.69) is 92.1 Å². The number of carbonyl (C=O) groups is 1. The summed E-state index contributed by atoms with van der Waals surface area (Å²) in [5, 5.41) is 13.9. The number of unbranched alkanes of at least 4 members (excludes halogenated alkanes) is 35. The Morgan fingerprint density at radius 3 is 1.19 bits per heavy atom. The van der Waals surface area contributed by atoms with Crippen LogP contribution in [-0.4, -0.2) is 68.5 Å². The molecule has 3 atom stereocenters. The first kappa shape index (κ1) is 75.7. The maximum Gasteiger partial charge on any atom is 0.268 e. The van der Waals surface area contributed by atoms with Gasteiger partial charge in [-0.1, -0.05) is 298 Å².